The highest BCUT2D eigenvalue weighted by atomic mass is 35.5. The standard InChI is InChI=1S/C10H15NO2S2.ClH/c1-14-6-4-9(10(12)13)11-7-8-3-2-5-15-8;/h2-3,5,9,11H,4,6-7H2,1H3,(H,12,13);1H. The molecule has 6 heteroatoms. The van der Waals surface area contributed by atoms with Gasteiger partial charge in [0.05, 0.1) is 0 Å². The summed E-state index contributed by atoms with van der Waals surface area (Å²) in [5.74, 6) is 0.106. The van der Waals surface area contributed by atoms with Crippen molar-refractivity contribution >= 4 is 41.5 Å². The summed E-state index contributed by atoms with van der Waals surface area (Å²) >= 11 is 3.31. The van der Waals surface area contributed by atoms with Crippen molar-refractivity contribution in [1.29, 1.82) is 0 Å². The Bertz CT molecular complexity index is 293. The van der Waals surface area contributed by atoms with E-state index < -0.39 is 12.0 Å². The van der Waals surface area contributed by atoms with Gasteiger partial charge < -0.3 is 5.11 Å². The number of carbonyl (C=O) groups is 1. The van der Waals surface area contributed by atoms with E-state index in [1.165, 1.54) is 4.88 Å². The summed E-state index contributed by atoms with van der Waals surface area (Å²) in [7, 11) is 0. The summed E-state index contributed by atoms with van der Waals surface area (Å²) in [5.41, 5.74) is 0. The average molecular weight is 282 g/mol. The van der Waals surface area contributed by atoms with Gasteiger partial charge in [0.2, 0.25) is 0 Å². The second-order valence-electron chi connectivity index (χ2n) is 3.13. The first-order chi connectivity index (χ1) is 7.24. The highest BCUT2D eigenvalue weighted by molar-refractivity contribution is 7.98. The summed E-state index contributed by atoms with van der Waals surface area (Å²) < 4.78 is 0. The number of hydrogen-bond donors (Lipinski definition) is 2. The van der Waals surface area contributed by atoms with Crippen LogP contribution in [0.4, 0.5) is 0 Å². The molecule has 0 spiro atoms. The van der Waals surface area contributed by atoms with Gasteiger partial charge in [-0.3, -0.25) is 10.1 Å². The number of aliphatic carboxylic acids is 1. The van der Waals surface area contributed by atoms with E-state index in [-0.39, 0.29) is 12.4 Å². The zero-order valence-corrected chi connectivity index (χ0v) is 11.5. The van der Waals surface area contributed by atoms with Crippen LogP contribution in [-0.4, -0.2) is 29.1 Å². The Hall–Kier alpha value is -0.230. The topological polar surface area (TPSA) is 49.3 Å². The third-order valence-electron chi connectivity index (χ3n) is 2.01. The highest BCUT2D eigenvalue weighted by Gasteiger charge is 2.15. The molecule has 1 rings (SSSR count). The fourth-order valence-corrected chi connectivity index (χ4v) is 2.31. The number of thiophene rings is 1. The van der Waals surface area contributed by atoms with Crippen molar-refractivity contribution in [2.45, 2.75) is 19.0 Å². The third kappa shape index (κ3) is 5.75. The van der Waals surface area contributed by atoms with Gasteiger partial charge in [-0.1, -0.05) is 6.07 Å². The lowest BCUT2D eigenvalue weighted by atomic mass is 10.2. The average Bonchev–Trinajstić information content (AvgIpc) is 2.70. The normalized spacial score (nSPS) is 11.8. The number of rotatable bonds is 7. The van der Waals surface area contributed by atoms with Gasteiger partial charge in [-0.25, -0.2) is 0 Å². The minimum atomic E-state index is -0.763. The first-order valence-electron chi connectivity index (χ1n) is 4.71. The lowest BCUT2D eigenvalue weighted by Crippen LogP contribution is -2.36. The quantitative estimate of drug-likeness (QED) is 0.806. The number of hydrogen-bond acceptors (Lipinski definition) is 4. The van der Waals surface area contributed by atoms with Crippen LogP contribution in [0, 0.1) is 0 Å². The molecular formula is C10H16ClNO2S2. The number of carboxylic acids is 1. The van der Waals surface area contributed by atoms with Gasteiger partial charge >= 0.3 is 5.97 Å². The predicted octanol–water partition coefficient (Wildman–Crippen LogP) is 2.47. The maximum Gasteiger partial charge on any atom is 0.320 e. The first kappa shape index (κ1) is 15.8. The molecule has 0 saturated heterocycles. The molecule has 0 fully saturated rings. The van der Waals surface area contributed by atoms with Gasteiger partial charge in [-0.05, 0) is 29.9 Å². The summed E-state index contributed by atoms with van der Waals surface area (Å²) in [4.78, 5) is 12.1. The van der Waals surface area contributed by atoms with Crippen LogP contribution in [-0.2, 0) is 11.3 Å². The molecule has 1 heterocycles. The van der Waals surface area contributed by atoms with Gasteiger partial charge in [0.15, 0.2) is 0 Å². The smallest absolute Gasteiger partial charge is 0.320 e. The van der Waals surface area contributed by atoms with Crippen LogP contribution in [0.15, 0.2) is 17.5 Å². The molecule has 1 unspecified atom stereocenters. The van der Waals surface area contributed by atoms with Gasteiger partial charge in [0.25, 0.3) is 0 Å². The van der Waals surface area contributed by atoms with Crippen LogP contribution in [0.25, 0.3) is 0 Å². The van der Waals surface area contributed by atoms with Gasteiger partial charge in [-0.15, -0.1) is 23.7 Å². The van der Waals surface area contributed by atoms with E-state index in [1.807, 2.05) is 23.8 Å². The molecule has 0 radical (unpaired) electrons. The molecule has 2 N–H and O–H groups in total. The lowest BCUT2D eigenvalue weighted by molar-refractivity contribution is -0.139. The van der Waals surface area contributed by atoms with Gasteiger partial charge in [0.1, 0.15) is 6.04 Å². The zero-order valence-electron chi connectivity index (χ0n) is 9.01. The number of thioether (sulfide) groups is 1. The summed E-state index contributed by atoms with van der Waals surface area (Å²) in [6.45, 7) is 0.642. The van der Waals surface area contributed by atoms with Crippen molar-refractivity contribution in [1.82, 2.24) is 5.32 Å². The van der Waals surface area contributed by atoms with Gasteiger partial charge in [-0.2, -0.15) is 11.8 Å². The van der Waals surface area contributed by atoms with E-state index in [1.54, 1.807) is 23.1 Å². The van der Waals surface area contributed by atoms with E-state index in [0.717, 1.165) is 5.75 Å². The molecule has 0 saturated carbocycles. The second-order valence-corrected chi connectivity index (χ2v) is 5.15. The minimum Gasteiger partial charge on any atom is -0.480 e. The molecule has 1 aromatic heterocycles. The van der Waals surface area contributed by atoms with Crippen LogP contribution < -0.4 is 5.32 Å². The van der Waals surface area contributed by atoms with Crippen molar-refractivity contribution < 1.29 is 9.90 Å². The molecule has 0 aliphatic rings. The van der Waals surface area contributed by atoms with Crippen molar-refractivity contribution in [2.75, 3.05) is 12.0 Å². The highest BCUT2D eigenvalue weighted by Crippen LogP contribution is 2.09. The SMILES string of the molecule is CSCCC(NCc1cccs1)C(=O)O.Cl. The Morgan fingerprint density at radius 1 is 1.69 bits per heavy atom. The Balaban J connectivity index is 0.00000225. The van der Waals surface area contributed by atoms with Crippen LogP contribution in [0.2, 0.25) is 0 Å². The van der Waals surface area contributed by atoms with Crippen LogP contribution in [0.5, 0.6) is 0 Å². The van der Waals surface area contributed by atoms with E-state index in [4.69, 9.17) is 5.11 Å². The first-order valence-corrected chi connectivity index (χ1v) is 6.99. The maximum atomic E-state index is 10.9. The molecule has 0 aromatic carbocycles. The third-order valence-corrected chi connectivity index (χ3v) is 3.53. The molecule has 0 aliphatic carbocycles. The predicted molar refractivity (Wildman–Crippen MR) is 72.8 cm³/mol. The van der Waals surface area contributed by atoms with Crippen LogP contribution >= 0.6 is 35.5 Å². The van der Waals surface area contributed by atoms with E-state index in [2.05, 4.69) is 5.32 Å². The molecule has 0 aliphatic heterocycles. The summed E-state index contributed by atoms with van der Waals surface area (Å²) in [5, 5.41) is 14.0. The largest absolute Gasteiger partial charge is 0.480 e. The number of carboxylic acid groups (broad SMARTS) is 1. The van der Waals surface area contributed by atoms with Crippen molar-refractivity contribution in [3.63, 3.8) is 0 Å². The molecule has 1 aromatic rings. The Morgan fingerprint density at radius 2 is 2.44 bits per heavy atom. The molecule has 92 valence electrons. The van der Waals surface area contributed by atoms with Crippen LogP contribution in [0.1, 0.15) is 11.3 Å². The lowest BCUT2D eigenvalue weighted by Gasteiger charge is -2.12. The summed E-state index contributed by atoms with van der Waals surface area (Å²) in [6, 6.07) is 3.55. The van der Waals surface area contributed by atoms with Crippen molar-refractivity contribution in [2.24, 2.45) is 0 Å². The minimum absolute atomic E-state index is 0. The molecule has 1 atom stereocenters. The Morgan fingerprint density at radius 3 is 2.94 bits per heavy atom. The van der Waals surface area contributed by atoms with Crippen LogP contribution in [0.3, 0.4) is 0 Å². The van der Waals surface area contributed by atoms with Crippen molar-refractivity contribution in [3.8, 4) is 0 Å². The van der Waals surface area contributed by atoms with E-state index in [0.29, 0.717) is 13.0 Å². The second kappa shape index (κ2) is 8.87. The Kier molecular flexibility index (Phi) is 8.74. The molecule has 3 nitrogen and oxygen atoms in total. The fourth-order valence-electron chi connectivity index (χ4n) is 1.19. The number of halogens is 1. The summed E-state index contributed by atoms with van der Waals surface area (Å²) in [6.07, 6.45) is 2.65. The van der Waals surface area contributed by atoms with Crippen molar-refractivity contribution in [3.05, 3.63) is 22.4 Å². The molecule has 0 amide bonds. The zero-order chi connectivity index (χ0) is 11.1. The van der Waals surface area contributed by atoms with E-state index in [9.17, 15) is 4.79 Å². The Labute approximate surface area is 110 Å². The van der Waals surface area contributed by atoms with E-state index >= 15 is 0 Å². The maximum absolute atomic E-state index is 10.9. The molecular weight excluding hydrogens is 266 g/mol. The number of nitrogens with one attached hydrogen (secondary N) is 1. The van der Waals surface area contributed by atoms with Gasteiger partial charge in [0, 0.05) is 11.4 Å². The molecule has 0 bridgehead atoms. The molecule has 16 heavy (non-hydrogen) atoms. The fraction of sp³-hybridized carbons (Fsp3) is 0.500. The monoisotopic (exact) mass is 281 g/mol.